The number of nitro groups is 1. The van der Waals surface area contributed by atoms with Crippen molar-refractivity contribution in [3.05, 3.63) is 46.7 Å². The highest BCUT2D eigenvalue weighted by Gasteiger charge is 2.26. The van der Waals surface area contributed by atoms with Crippen LogP contribution in [0.5, 0.6) is 0 Å². The molecule has 1 fully saturated rings. The van der Waals surface area contributed by atoms with Crippen LogP contribution in [0.2, 0.25) is 0 Å². The molecule has 1 saturated carbocycles. The van der Waals surface area contributed by atoms with Crippen LogP contribution < -0.4 is 10.6 Å². The summed E-state index contributed by atoms with van der Waals surface area (Å²) in [6.45, 7) is 0. The normalized spacial score (nSPS) is 18.8. The largest absolute Gasteiger partial charge is 0.465 e. The number of rotatable bonds is 5. The van der Waals surface area contributed by atoms with Crippen molar-refractivity contribution in [3.63, 3.8) is 0 Å². The van der Waals surface area contributed by atoms with Gasteiger partial charge in [0.15, 0.2) is 5.82 Å². The number of carbonyl (C=O) groups is 1. The monoisotopic (exact) mass is 415 g/mol. The van der Waals surface area contributed by atoms with Gasteiger partial charge in [-0.2, -0.15) is 0 Å². The summed E-state index contributed by atoms with van der Waals surface area (Å²) in [5.41, 5.74) is 0.619. The Labute approximate surface area is 169 Å². The molecule has 0 spiro atoms. The Morgan fingerprint density at radius 3 is 2.63 bits per heavy atom. The van der Waals surface area contributed by atoms with E-state index in [1.54, 1.807) is 0 Å². The number of nitrogens with zero attached hydrogens (tertiary/aromatic N) is 5. The van der Waals surface area contributed by atoms with Crippen molar-refractivity contribution in [2.45, 2.75) is 37.8 Å². The number of imidazole rings is 1. The summed E-state index contributed by atoms with van der Waals surface area (Å²) in [6.07, 6.45) is 5.25. The second-order valence-electron chi connectivity index (χ2n) is 7.05. The van der Waals surface area contributed by atoms with Crippen molar-refractivity contribution < 1.29 is 19.2 Å². The van der Waals surface area contributed by atoms with Crippen molar-refractivity contribution in [3.8, 4) is 11.5 Å². The molecule has 3 N–H and O–H groups in total. The van der Waals surface area contributed by atoms with Crippen LogP contribution in [-0.2, 0) is 0 Å². The molecule has 0 atom stereocenters. The SMILES string of the molecule is O=C(O)N[C@H]1CC[C@H](Nc2nc(-c3cnc4ccc(F)cn34)ncc2[N+](=O)[O-])CC1. The Bertz CT molecular complexity index is 1110. The summed E-state index contributed by atoms with van der Waals surface area (Å²) < 4.78 is 15.1. The standard InChI is InChI=1S/C18H18FN7O4/c19-10-1-6-15-20-7-13(25(15)9-10)16-21-8-14(26(29)30)17(24-16)22-11-2-4-12(5-3-11)23-18(27)28/h1,6-9,11-12,23H,2-5H2,(H,27,28)(H,21,22,24)/t11-,12-. The number of aromatic nitrogens is 4. The maximum Gasteiger partial charge on any atom is 0.404 e. The molecule has 0 unspecified atom stereocenters. The maximum absolute atomic E-state index is 13.6. The van der Waals surface area contributed by atoms with Gasteiger partial charge in [-0.1, -0.05) is 0 Å². The first-order chi connectivity index (χ1) is 14.4. The first-order valence-electron chi connectivity index (χ1n) is 9.31. The molecule has 1 amide bonds. The molecular formula is C18H18FN7O4. The molecule has 0 radical (unpaired) electrons. The molecule has 11 nitrogen and oxygen atoms in total. The number of hydrogen-bond donors (Lipinski definition) is 3. The molecule has 1 aliphatic rings. The van der Waals surface area contributed by atoms with E-state index in [9.17, 15) is 19.3 Å². The van der Waals surface area contributed by atoms with Crippen molar-refractivity contribution >= 4 is 23.2 Å². The molecule has 3 aromatic rings. The van der Waals surface area contributed by atoms with Gasteiger partial charge in [0.05, 0.1) is 11.1 Å². The predicted molar refractivity (Wildman–Crippen MR) is 104 cm³/mol. The van der Waals surface area contributed by atoms with Crippen molar-refractivity contribution in [1.29, 1.82) is 0 Å². The summed E-state index contributed by atoms with van der Waals surface area (Å²) in [5, 5.41) is 25.8. The van der Waals surface area contributed by atoms with Crippen LogP contribution in [0.3, 0.4) is 0 Å². The van der Waals surface area contributed by atoms with Gasteiger partial charge in [0.2, 0.25) is 5.82 Å². The van der Waals surface area contributed by atoms with Gasteiger partial charge >= 0.3 is 11.8 Å². The van der Waals surface area contributed by atoms with Crippen LogP contribution in [0, 0.1) is 15.9 Å². The zero-order chi connectivity index (χ0) is 21.3. The number of pyridine rings is 1. The summed E-state index contributed by atoms with van der Waals surface area (Å²) in [5.74, 6) is -0.234. The summed E-state index contributed by atoms with van der Waals surface area (Å²) >= 11 is 0. The zero-order valence-electron chi connectivity index (χ0n) is 15.7. The van der Waals surface area contributed by atoms with Gasteiger partial charge in [0, 0.05) is 18.3 Å². The van der Waals surface area contributed by atoms with Crippen LogP contribution >= 0.6 is 0 Å². The van der Waals surface area contributed by atoms with E-state index in [1.807, 2.05) is 0 Å². The lowest BCUT2D eigenvalue weighted by Gasteiger charge is -2.29. The predicted octanol–water partition coefficient (Wildman–Crippen LogP) is 2.83. The van der Waals surface area contributed by atoms with Crippen LogP contribution in [0.25, 0.3) is 17.2 Å². The van der Waals surface area contributed by atoms with Crippen LogP contribution in [0.1, 0.15) is 25.7 Å². The molecule has 30 heavy (non-hydrogen) atoms. The van der Waals surface area contributed by atoms with E-state index in [4.69, 9.17) is 5.11 Å². The third kappa shape index (κ3) is 3.97. The Morgan fingerprint density at radius 1 is 1.20 bits per heavy atom. The summed E-state index contributed by atoms with van der Waals surface area (Å²) in [7, 11) is 0. The molecule has 0 bridgehead atoms. The molecular weight excluding hydrogens is 397 g/mol. The Balaban J connectivity index is 1.60. The molecule has 4 rings (SSSR count). The molecule has 0 saturated heterocycles. The third-order valence-corrected chi connectivity index (χ3v) is 5.06. The van der Waals surface area contributed by atoms with Crippen molar-refractivity contribution in [2.24, 2.45) is 0 Å². The first kappa shape index (κ1) is 19.5. The second kappa shape index (κ2) is 7.89. The third-order valence-electron chi connectivity index (χ3n) is 5.06. The second-order valence-corrected chi connectivity index (χ2v) is 7.05. The molecule has 0 aromatic carbocycles. The van der Waals surface area contributed by atoms with Gasteiger partial charge in [-0.05, 0) is 37.8 Å². The van der Waals surface area contributed by atoms with Gasteiger partial charge in [-0.15, -0.1) is 0 Å². The van der Waals surface area contributed by atoms with Crippen molar-refractivity contribution in [1.82, 2.24) is 24.7 Å². The lowest BCUT2D eigenvalue weighted by Crippen LogP contribution is -2.39. The average Bonchev–Trinajstić information content (AvgIpc) is 3.12. The van der Waals surface area contributed by atoms with E-state index < -0.39 is 16.8 Å². The quantitative estimate of drug-likeness (QED) is 0.426. The lowest BCUT2D eigenvalue weighted by molar-refractivity contribution is -0.384. The minimum absolute atomic E-state index is 0.0611. The first-order valence-corrected chi connectivity index (χ1v) is 9.31. The number of anilines is 1. The summed E-state index contributed by atoms with van der Waals surface area (Å²) in [6, 6.07) is 2.56. The minimum Gasteiger partial charge on any atom is -0.465 e. The highest BCUT2D eigenvalue weighted by atomic mass is 19.1. The molecule has 12 heteroatoms. The van der Waals surface area contributed by atoms with Crippen LogP contribution in [0.15, 0.2) is 30.7 Å². The fraction of sp³-hybridized carbons (Fsp3) is 0.333. The lowest BCUT2D eigenvalue weighted by atomic mass is 9.91. The Kier molecular flexibility index (Phi) is 5.12. The number of halogens is 1. The smallest absolute Gasteiger partial charge is 0.404 e. The van der Waals surface area contributed by atoms with E-state index in [2.05, 4.69) is 25.6 Å². The summed E-state index contributed by atoms with van der Waals surface area (Å²) in [4.78, 5) is 34.2. The molecule has 156 valence electrons. The fourth-order valence-electron chi connectivity index (χ4n) is 3.61. The van der Waals surface area contributed by atoms with Gasteiger partial charge in [-0.3, -0.25) is 14.5 Å². The molecule has 3 heterocycles. The number of nitrogens with one attached hydrogen (secondary N) is 2. The molecule has 0 aliphatic heterocycles. The number of carboxylic acid groups (broad SMARTS) is 1. The zero-order valence-corrected chi connectivity index (χ0v) is 15.7. The number of amides is 1. The van der Waals surface area contributed by atoms with E-state index in [0.29, 0.717) is 37.0 Å². The van der Waals surface area contributed by atoms with E-state index in [1.165, 1.54) is 28.9 Å². The highest BCUT2D eigenvalue weighted by Crippen LogP contribution is 2.29. The Hall–Kier alpha value is -3.83. The van der Waals surface area contributed by atoms with Gasteiger partial charge in [0.25, 0.3) is 0 Å². The van der Waals surface area contributed by atoms with Crippen LogP contribution in [0.4, 0.5) is 20.7 Å². The maximum atomic E-state index is 13.6. The van der Waals surface area contributed by atoms with E-state index >= 15 is 0 Å². The molecule has 1 aliphatic carbocycles. The fourth-order valence-corrected chi connectivity index (χ4v) is 3.61. The topological polar surface area (TPSA) is 148 Å². The van der Waals surface area contributed by atoms with E-state index in [-0.39, 0.29) is 29.4 Å². The Morgan fingerprint density at radius 2 is 1.93 bits per heavy atom. The minimum atomic E-state index is -1.06. The van der Waals surface area contributed by atoms with Crippen LogP contribution in [-0.4, -0.2) is 47.6 Å². The van der Waals surface area contributed by atoms with Crippen molar-refractivity contribution in [2.75, 3.05) is 5.32 Å². The average molecular weight is 415 g/mol. The van der Waals surface area contributed by atoms with E-state index in [0.717, 1.165) is 6.20 Å². The number of hydrogen-bond acceptors (Lipinski definition) is 7. The van der Waals surface area contributed by atoms with Gasteiger partial charge < -0.3 is 15.7 Å². The number of fused-ring (bicyclic) bond motifs is 1. The van der Waals surface area contributed by atoms with Gasteiger partial charge in [0.1, 0.15) is 23.4 Å². The van der Waals surface area contributed by atoms with Gasteiger partial charge in [-0.25, -0.2) is 24.1 Å². The molecule has 3 aromatic heterocycles. The highest BCUT2D eigenvalue weighted by molar-refractivity contribution is 5.65.